The van der Waals surface area contributed by atoms with Gasteiger partial charge in [0, 0.05) is 18.2 Å². The molecule has 0 spiro atoms. The van der Waals surface area contributed by atoms with E-state index in [0.717, 1.165) is 17.2 Å². The Morgan fingerprint density at radius 1 is 1.03 bits per heavy atom. The molecule has 0 radical (unpaired) electrons. The zero-order valence-electron chi connectivity index (χ0n) is 18.3. The maximum atomic E-state index is 14.1. The number of carbonyl (C=O) groups excluding carboxylic acids is 1. The van der Waals surface area contributed by atoms with Crippen molar-refractivity contribution in [2.75, 3.05) is 6.54 Å². The molecule has 0 saturated carbocycles. The Bertz CT molecular complexity index is 1160. The second-order valence-electron chi connectivity index (χ2n) is 8.38. The van der Waals surface area contributed by atoms with Gasteiger partial charge in [0.1, 0.15) is 17.5 Å². The largest absolute Gasteiger partial charge is 0.328 e. The van der Waals surface area contributed by atoms with E-state index in [2.05, 4.69) is 11.9 Å². The highest BCUT2D eigenvalue weighted by Gasteiger charge is 2.40. The van der Waals surface area contributed by atoms with Crippen LogP contribution in [0.2, 0.25) is 0 Å². The van der Waals surface area contributed by atoms with Crippen molar-refractivity contribution >= 4 is 6.03 Å². The van der Waals surface area contributed by atoms with E-state index in [4.69, 9.17) is 0 Å². The van der Waals surface area contributed by atoms with Crippen LogP contribution in [0.4, 0.5) is 18.0 Å². The van der Waals surface area contributed by atoms with Crippen molar-refractivity contribution in [3.63, 3.8) is 0 Å². The number of amides is 2. The molecule has 0 bridgehead atoms. The lowest BCUT2D eigenvalue weighted by atomic mass is 9.81. The zero-order valence-corrected chi connectivity index (χ0v) is 18.3. The number of nitrogens with one attached hydrogen (secondary N) is 1. The number of nitrogens with zero attached hydrogens (tertiary/aromatic N) is 1. The van der Waals surface area contributed by atoms with Gasteiger partial charge in [0.05, 0.1) is 11.6 Å². The van der Waals surface area contributed by atoms with Gasteiger partial charge < -0.3 is 10.2 Å². The fourth-order valence-corrected chi connectivity index (χ4v) is 4.47. The van der Waals surface area contributed by atoms with Crippen LogP contribution in [-0.4, -0.2) is 17.5 Å². The van der Waals surface area contributed by atoms with Crippen LogP contribution in [0.15, 0.2) is 79.4 Å². The predicted molar refractivity (Wildman–Crippen MR) is 123 cm³/mol. The standard InChI is InChI=1S/C27H25F3N2O/c1-3-14-27(21-8-10-22(28)11-9-21)15-16-32(26(33)31-27)18(2)19-4-6-20(7-5-19)24-13-12-23(29)17-25(24)30/h3-13,17-18H,1,14-16H2,2H3,(H,31,33)/t18-,27-/m0/s1. The van der Waals surface area contributed by atoms with Gasteiger partial charge in [-0.15, -0.1) is 6.58 Å². The summed E-state index contributed by atoms with van der Waals surface area (Å²) in [6.45, 7) is 6.27. The first-order valence-corrected chi connectivity index (χ1v) is 10.8. The van der Waals surface area contributed by atoms with Gasteiger partial charge in [-0.1, -0.05) is 42.5 Å². The molecule has 170 valence electrons. The molecule has 0 aliphatic carbocycles. The van der Waals surface area contributed by atoms with Gasteiger partial charge in [-0.3, -0.25) is 0 Å². The highest BCUT2D eigenvalue weighted by Crippen LogP contribution is 2.36. The number of benzene rings is 3. The van der Waals surface area contributed by atoms with E-state index in [1.54, 1.807) is 35.2 Å². The molecule has 1 heterocycles. The van der Waals surface area contributed by atoms with Crippen LogP contribution in [0, 0.1) is 17.5 Å². The Balaban J connectivity index is 1.52. The predicted octanol–water partition coefficient (Wildman–Crippen LogP) is 6.72. The minimum absolute atomic E-state index is 0.214. The molecule has 2 atom stereocenters. The van der Waals surface area contributed by atoms with Crippen molar-refractivity contribution in [1.29, 1.82) is 0 Å². The molecule has 0 unspecified atom stereocenters. The van der Waals surface area contributed by atoms with Crippen LogP contribution in [0.5, 0.6) is 0 Å². The van der Waals surface area contributed by atoms with Crippen molar-refractivity contribution in [3.05, 3.63) is 108 Å². The molecule has 1 aliphatic rings. The maximum Gasteiger partial charge on any atom is 0.318 e. The van der Waals surface area contributed by atoms with Crippen molar-refractivity contribution in [1.82, 2.24) is 10.2 Å². The third kappa shape index (κ3) is 4.51. The van der Waals surface area contributed by atoms with Crippen LogP contribution < -0.4 is 5.32 Å². The number of halogens is 3. The molecule has 3 aromatic carbocycles. The minimum atomic E-state index is -0.632. The molecule has 4 rings (SSSR count). The quantitative estimate of drug-likeness (QED) is 0.416. The van der Waals surface area contributed by atoms with E-state index in [0.29, 0.717) is 30.5 Å². The van der Waals surface area contributed by atoms with Crippen molar-refractivity contribution in [3.8, 4) is 11.1 Å². The molecule has 1 fully saturated rings. The summed E-state index contributed by atoms with van der Waals surface area (Å²) in [6.07, 6.45) is 2.93. The summed E-state index contributed by atoms with van der Waals surface area (Å²) in [7, 11) is 0. The number of rotatable bonds is 6. The van der Waals surface area contributed by atoms with Gasteiger partial charge in [-0.2, -0.15) is 0 Å². The van der Waals surface area contributed by atoms with E-state index in [9.17, 15) is 18.0 Å². The summed E-state index contributed by atoms with van der Waals surface area (Å²) in [4.78, 5) is 14.9. The van der Waals surface area contributed by atoms with Gasteiger partial charge in [0.25, 0.3) is 0 Å². The molecule has 3 nitrogen and oxygen atoms in total. The number of hydrogen-bond acceptors (Lipinski definition) is 1. The monoisotopic (exact) mass is 450 g/mol. The lowest BCUT2D eigenvalue weighted by Crippen LogP contribution is -2.58. The first-order chi connectivity index (χ1) is 15.8. The van der Waals surface area contributed by atoms with Crippen LogP contribution in [0.1, 0.15) is 36.9 Å². The van der Waals surface area contributed by atoms with Crippen molar-refractivity contribution in [2.45, 2.75) is 31.3 Å². The first-order valence-electron chi connectivity index (χ1n) is 10.8. The molecule has 33 heavy (non-hydrogen) atoms. The molecule has 6 heteroatoms. The molecule has 0 aromatic heterocycles. The van der Waals surface area contributed by atoms with Gasteiger partial charge in [0.2, 0.25) is 0 Å². The summed E-state index contributed by atoms with van der Waals surface area (Å²) in [5.74, 6) is -1.56. The van der Waals surface area contributed by atoms with E-state index < -0.39 is 17.2 Å². The van der Waals surface area contributed by atoms with Gasteiger partial charge in [-0.05, 0) is 60.7 Å². The molecule has 1 N–H and O–H groups in total. The molecule has 2 amide bonds. The summed E-state index contributed by atoms with van der Waals surface area (Å²) in [6, 6.07) is 16.5. The summed E-state index contributed by atoms with van der Waals surface area (Å²) >= 11 is 0. The summed E-state index contributed by atoms with van der Waals surface area (Å²) < 4.78 is 40.7. The Labute approximate surface area is 191 Å². The normalized spacial score (nSPS) is 19.2. The van der Waals surface area contributed by atoms with Crippen LogP contribution in [-0.2, 0) is 5.54 Å². The smallest absolute Gasteiger partial charge is 0.318 e. The highest BCUT2D eigenvalue weighted by molar-refractivity contribution is 5.77. The van der Waals surface area contributed by atoms with Crippen LogP contribution in [0.3, 0.4) is 0 Å². The average Bonchev–Trinajstić information content (AvgIpc) is 2.79. The topological polar surface area (TPSA) is 32.3 Å². The van der Waals surface area contributed by atoms with Crippen molar-refractivity contribution < 1.29 is 18.0 Å². The third-order valence-electron chi connectivity index (χ3n) is 6.38. The third-order valence-corrected chi connectivity index (χ3v) is 6.38. The van der Waals surface area contributed by atoms with Gasteiger partial charge >= 0.3 is 6.03 Å². The summed E-state index contributed by atoms with van der Waals surface area (Å²) in [5, 5.41) is 3.13. The molecular formula is C27H25F3N2O. The SMILES string of the molecule is C=CC[C@@]1(c2ccc(F)cc2)CCN([C@@H](C)c2ccc(-c3ccc(F)cc3F)cc2)C(=O)N1. The lowest BCUT2D eigenvalue weighted by molar-refractivity contribution is 0.126. The van der Waals surface area contributed by atoms with Crippen LogP contribution in [0.25, 0.3) is 11.1 Å². The Morgan fingerprint density at radius 3 is 2.30 bits per heavy atom. The zero-order chi connectivity index (χ0) is 23.6. The van der Waals surface area contributed by atoms with Crippen LogP contribution >= 0.6 is 0 Å². The second-order valence-corrected chi connectivity index (χ2v) is 8.38. The molecular weight excluding hydrogens is 425 g/mol. The Hall–Kier alpha value is -3.54. The Morgan fingerprint density at radius 2 is 1.70 bits per heavy atom. The van der Waals surface area contributed by atoms with E-state index in [1.165, 1.54) is 24.3 Å². The number of urea groups is 1. The number of carbonyl (C=O) groups is 1. The molecule has 1 aliphatic heterocycles. The minimum Gasteiger partial charge on any atom is -0.328 e. The summed E-state index contributed by atoms with van der Waals surface area (Å²) in [5.41, 5.74) is 2.06. The maximum absolute atomic E-state index is 14.1. The average molecular weight is 451 g/mol. The highest BCUT2D eigenvalue weighted by atomic mass is 19.1. The van der Waals surface area contributed by atoms with E-state index in [-0.39, 0.29) is 17.9 Å². The second kappa shape index (κ2) is 9.14. The number of hydrogen-bond donors (Lipinski definition) is 1. The fourth-order valence-electron chi connectivity index (χ4n) is 4.47. The van der Waals surface area contributed by atoms with E-state index >= 15 is 0 Å². The van der Waals surface area contributed by atoms with Gasteiger partial charge in [0.15, 0.2) is 0 Å². The Kier molecular flexibility index (Phi) is 6.27. The van der Waals surface area contributed by atoms with Gasteiger partial charge in [-0.25, -0.2) is 18.0 Å². The molecule has 1 saturated heterocycles. The lowest BCUT2D eigenvalue weighted by Gasteiger charge is -2.44. The molecule has 3 aromatic rings. The van der Waals surface area contributed by atoms with Crippen molar-refractivity contribution in [2.24, 2.45) is 0 Å². The van der Waals surface area contributed by atoms with E-state index in [1.807, 2.05) is 19.1 Å². The first kappa shape index (κ1) is 22.6. The fraction of sp³-hybridized carbons (Fsp3) is 0.222.